The van der Waals surface area contributed by atoms with E-state index in [0.717, 1.165) is 42.5 Å². The molecule has 3 nitrogen and oxygen atoms in total. The van der Waals surface area contributed by atoms with Crippen LogP contribution in [0.15, 0.2) is 36.4 Å². The van der Waals surface area contributed by atoms with Crippen molar-refractivity contribution < 1.29 is 13.6 Å². The number of carbonyl (C=O) groups excluding carboxylic acids is 1. The number of hydrogen-bond donors (Lipinski definition) is 2. The molecule has 0 radical (unpaired) electrons. The first-order valence-corrected chi connectivity index (χ1v) is 7.64. The summed E-state index contributed by atoms with van der Waals surface area (Å²) in [7, 11) is 0. The number of carbonyl (C=O) groups is 1. The molecule has 1 aliphatic rings. The van der Waals surface area contributed by atoms with Crippen LogP contribution in [-0.2, 0) is 17.6 Å². The molecule has 1 aliphatic carbocycles. The fourth-order valence-electron chi connectivity index (χ4n) is 3.07. The second kappa shape index (κ2) is 7.62. The Morgan fingerprint density at radius 2 is 2.00 bits per heavy atom. The molecule has 1 amide bonds. The molecule has 0 heterocycles. The average Bonchev–Trinajstić information content (AvgIpc) is 2.50. The van der Waals surface area contributed by atoms with Crippen molar-refractivity contribution in [3.05, 3.63) is 64.7 Å². The van der Waals surface area contributed by atoms with Gasteiger partial charge < -0.3 is 11.1 Å². The number of halogens is 3. The van der Waals surface area contributed by atoms with Gasteiger partial charge in [-0.1, -0.05) is 12.1 Å². The second-order valence-corrected chi connectivity index (χ2v) is 5.88. The first kappa shape index (κ1) is 18.2. The van der Waals surface area contributed by atoms with Crippen molar-refractivity contribution in [3.8, 4) is 0 Å². The number of hydrogen-bond acceptors (Lipinski definition) is 2. The van der Waals surface area contributed by atoms with Crippen molar-refractivity contribution in [2.45, 2.75) is 31.7 Å². The summed E-state index contributed by atoms with van der Waals surface area (Å²) in [5.74, 6) is -1.62. The van der Waals surface area contributed by atoms with Crippen LogP contribution in [0.25, 0.3) is 0 Å². The molecule has 0 bridgehead atoms. The van der Waals surface area contributed by atoms with Crippen molar-refractivity contribution in [3.63, 3.8) is 0 Å². The van der Waals surface area contributed by atoms with Gasteiger partial charge in [-0.3, -0.25) is 4.79 Å². The molecule has 2 aromatic carbocycles. The van der Waals surface area contributed by atoms with E-state index < -0.39 is 11.6 Å². The third-order valence-corrected chi connectivity index (χ3v) is 4.18. The Kier molecular flexibility index (Phi) is 5.78. The minimum absolute atomic E-state index is 0. The fraction of sp³-hybridized carbons (Fsp3) is 0.278. The maximum Gasteiger partial charge on any atom is 0.225 e. The summed E-state index contributed by atoms with van der Waals surface area (Å²) in [6.45, 7) is 0. The molecule has 2 aromatic rings. The molecule has 128 valence electrons. The first-order chi connectivity index (χ1) is 11.0. The number of amides is 1. The van der Waals surface area contributed by atoms with Gasteiger partial charge in [0.1, 0.15) is 11.6 Å². The molecule has 0 aromatic heterocycles. The van der Waals surface area contributed by atoms with Crippen LogP contribution in [0.3, 0.4) is 0 Å². The van der Waals surface area contributed by atoms with E-state index in [1.807, 2.05) is 18.2 Å². The summed E-state index contributed by atoms with van der Waals surface area (Å²) in [6.07, 6.45) is 2.65. The number of nitrogens with one attached hydrogen (secondary N) is 1. The molecule has 0 spiro atoms. The maximum atomic E-state index is 13.6. The van der Waals surface area contributed by atoms with E-state index in [1.165, 1.54) is 6.07 Å². The molecule has 0 saturated heterocycles. The van der Waals surface area contributed by atoms with Gasteiger partial charge in [-0.25, -0.2) is 8.78 Å². The van der Waals surface area contributed by atoms with Crippen LogP contribution >= 0.6 is 12.4 Å². The predicted molar refractivity (Wildman–Crippen MR) is 92.0 cm³/mol. The Morgan fingerprint density at radius 1 is 1.21 bits per heavy atom. The molecule has 6 heteroatoms. The van der Waals surface area contributed by atoms with Crippen molar-refractivity contribution >= 4 is 24.0 Å². The van der Waals surface area contributed by atoms with Gasteiger partial charge in [-0.15, -0.1) is 12.4 Å². The Balaban J connectivity index is 0.00000208. The lowest BCUT2D eigenvalue weighted by Gasteiger charge is -2.26. The van der Waals surface area contributed by atoms with E-state index in [2.05, 4.69) is 5.32 Å². The molecule has 3 N–H and O–H groups in total. The lowest BCUT2D eigenvalue weighted by molar-refractivity contribution is -0.121. The van der Waals surface area contributed by atoms with Crippen LogP contribution in [0.2, 0.25) is 0 Å². The molecule has 24 heavy (non-hydrogen) atoms. The van der Waals surface area contributed by atoms with Crippen LogP contribution < -0.4 is 11.1 Å². The predicted octanol–water partition coefficient (Wildman–Crippen LogP) is 3.71. The minimum atomic E-state index is -0.697. The summed E-state index contributed by atoms with van der Waals surface area (Å²) >= 11 is 0. The number of anilines is 1. The molecule has 0 aliphatic heterocycles. The molecule has 0 fully saturated rings. The minimum Gasteiger partial charge on any atom is -0.399 e. The first-order valence-electron chi connectivity index (χ1n) is 7.64. The normalized spacial score (nSPS) is 16.0. The molecule has 1 unspecified atom stereocenters. The van der Waals surface area contributed by atoms with Gasteiger partial charge in [0.25, 0.3) is 0 Å². The van der Waals surface area contributed by atoms with E-state index in [1.54, 1.807) is 0 Å². The van der Waals surface area contributed by atoms with Crippen molar-refractivity contribution in [2.24, 2.45) is 0 Å². The third-order valence-electron chi connectivity index (χ3n) is 4.18. The summed E-state index contributed by atoms with van der Waals surface area (Å²) in [5.41, 5.74) is 8.92. The zero-order chi connectivity index (χ0) is 16.4. The highest BCUT2D eigenvalue weighted by Crippen LogP contribution is 2.31. The van der Waals surface area contributed by atoms with Gasteiger partial charge in [0, 0.05) is 11.8 Å². The topological polar surface area (TPSA) is 55.1 Å². The van der Waals surface area contributed by atoms with Crippen LogP contribution in [0.5, 0.6) is 0 Å². The van der Waals surface area contributed by atoms with E-state index in [9.17, 15) is 13.6 Å². The van der Waals surface area contributed by atoms with Crippen LogP contribution in [-0.4, -0.2) is 5.91 Å². The van der Waals surface area contributed by atoms with Gasteiger partial charge in [-0.05, 0) is 54.2 Å². The number of rotatable bonds is 3. The molecule has 3 rings (SSSR count). The second-order valence-electron chi connectivity index (χ2n) is 5.88. The zero-order valence-corrected chi connectivity index (χ0v) is 13.8. The summed E-state index contributed by atoms with van der Waals surface area (Å²) < 4.78 is 26.5. The number of nitrogen functional groups attached to an aromatic ring is 1. The van der Waals surface area contributed by atoms with Crippen molar-refractivity contribution in [2.75, 3.05) is 5.73 Å². The van der Waals surface area contributed by atoms with E-state index in [4.69, 9.17) is 5.73 Å². The maximum absolute atomic E-state index is 13.6. The molecule has 0 saturated carbocycles. The standard InChI is InChI=1S/C18H18F2N2O.ClH/c19-13-5-4-12(16(20)10-13)9-18(23)22-17-3-1-2-11-8-14(21)6-7-15(11)17;/h4-8,10,17H,1-3,9,21H2,(H,22,23);1H. The van der Waals surface area contributed by atoms with E-state index in [-0.39, 0.29) is 36.3 Å². The number of nitrogens with two attached hydrogens (primary N) is 1. The summed E-state index contributed by atoms with van der Waals surface area (Å²) in [4.78, 5) is 12.2. The van der Waals surface area contributed by atoms with Gasteiger partial charge >= 0.3 is 0 Å². The molecular formula is C18H19ClF2N2O. The highest BCUT2D eigenvalue weighted by atomic mass is 35.5. The van der Waals surface area contributed by atoms with Crippen molar-refractivity contribution in [1.82, 2.24) is 5.32 Å². The van der Waals surface area contributed by atoms with Gasteiger partial charge in [0.15, 0.2) is 0 Å². The van der Waals surface area contributed by atoms with E-state index >= 15 is 0 Å². The average molecular weight is 353 g/mol. The van der Waals surface area contributed by atoms with Crippen LogP contribution in [0.4, 0.5) is 14.5 Å². The van der Waals surface area contributed by atoms with Crippen LogP contribution in [0.1, 0.15) is 35.6 Å². The quantitative estimate of drug-likeness (QED) is 0.827. The Morgan fingerprint density at radius 3 is 2.75 bits per heavy atom. The molecule has 1 atom stereocenters. The monoisotopic (exact) mass is 352 g/mol. The highest BCUT2D eigenvalue weighted by molar-refractivity contribution is 5.85. The third kappa shape index (κ3) is 4.03. The number of aryl methyl sites for hydroxylation is 1. The Hall–Kier alpha value is -2.14. The zero-order valence-electron chi connectivity index (χ0n) is 13.0. The smallest absolute Gasteiger partial charge is 0.225 e. The fourth-order valence-corrected chi connectivity index (χ4v) is 3.07. The summed E-state index contributed by atoms with van der Waals surface area (Å²) in [5, 5.41) is 2.94. The number of benzene rings is 2. The van der Waals surface area contributed by atoms with Gasteiger partial charge in [0.05, 0.1) is 12.5 Å². The number of fused-ring (bicyclic) bond motifs is 1. The SMILES string of the molecule is Cl.Nc1ccc2c(c1)CCCC2NC(=O)Cc1ccc(F)cc1F. The summed E-state index contributed by atoms with van der Waals surface area (Å²) in [6, 6.07) is 8.87. The lowest BCUT2D eigenvalue weighted by atomic mass is 9.87. The Labute approximate surface area is 145 Å². The van der Waals surface area contributed by atoms with Gasteiger partial charge in [0.2, 0.25) is 5.91 Å². The largest absolute Gasteiger partial charge is 0.399 e. The van der Waals surface area contributed by atoms with Crippen molar-refractivity contribution in [1.29, 1.82) is 0 Å². The van der Waals surface area contributed by atoms with Crippen LogP contribution in [0, 0.1) is 11.6 Å². The molecular weight excluding hydrogens is 334 g/mol. The van der Waals surface area contributed by atoms with E-state index in [0.29, 0.717) is 5.69 Å². The Bertz CT molecular complexity index is 752. The lowest BCUT2D eigenvalue weighted by Crippen LogP contribution is -2.32. The highest BCUT2D eigenvalue weighted by Gasteiger charge is 2.22. The van der Waals surface area contributed by atoms with Gasteiger partial charge in [-0.2, -0.15) is 0 Å².